The van der Waals surface area contributed by atoms with Gasteiger partial charge in [-0.15, -0.1) is 0 Å². The van der Waals surface area contributed by atoms with E-state index >= 15 is 0 Å². The molecule has 1 atom stereocenters. The van der Waals surface area contributed by atoms with Crippen LogP contribution in [0.2, 0.25) is 5.02 Å². The molecule has 3 aromatic rings. The maximum atomic E-state index is 13.1. The zero-order valence-electron chi connectivity index (χ0n) is 16.9. The predicted octanol–water partition coefficient (Wildman–Crippen LogP) is 6.26. The fourth-order valence-electron chi connectivity index (χ4n) is 3.17. The first-order valence-corrected chi connectivity index (χ1v) is 11.9. The number of hydrogen-bond acceptors (Lipinski definition) is 4. The number of nitrogens with one attached hydrogen (secondary N) is 1. The van der Waals surface area contributed by atoms with Gasteiger partial charge in [0.25, 0.3) is 0 Å². The van der Waals surface area contributed by atoms with Crippen LogP contribution < -0.4 is 5.32 Å². The van der Waals surface area contributed by atoms with E-state index in [1.165, 1.54) is 11.8 Å². The number of amidine groups is 1. The van der Waals surface area contributed by atoms with Crippen molar-refractivity contribution in [3.63, 3.8) is 0 Å². The predicted molar refractivity (Wildman–Crippen MR) is 134 cm³/mol. The first-order chi connectivity index (χ1) is 15.5. The third-order valence-corrected chi connectivity index (χ3v) is 6.69. The maximum Gasteiger partial charge on any atom is 0.238 e. The van der Waals surface area contributed by atoms with E-state index in [1.807, 2.05) is 66.7 Å². The summed E-state index contributed by atoms with van der Waals surface area (Å²) in [5.74, 6) is -0.379. The Morgan fingerprint density at radius 1 is 1.09 bits per heavy atom. The number of amides is 2. The highest BCUT2D eigenvalue weighted by Crippen LogP contribution is 2.31. The number of nitrogens with zero attached hydrogens (tertiary/aromatic N) is 2. The van der Waals surface area contributed by atoms with Crippen molar-refractivity contribution in [3.05, 3.63) is 93.9 Å². The lowest BCUT2D eigenvalue weighted by atomic mass is 10.2. The zero-order chi connectivity index (χ0) is 22.5. The molecule has 3 aromatic carbocycles. The fourth-order valence-corrected chi connectivity index (χ4v) is 4.79. The topological polar surface area (TPSA) is 61.8 Å². The lowest BCUT2D eigenvalue weighted by Gasteiger charge is -2.32. The second kappa shape index (κ2) is 10.3. The molecule has 1 fully saturated rings. The molecule has 2 amide bonds. The van der Waals surface area contributed by atoms with E-state index in [2.05, 4.69) is 26.2 Å². The number of carbonyl (C=O) groups excluding carboxylic acids is 2. The van der Waals surface area contributed by atoms with Crippen LogP contribution >= 0.6 is 39.3 Å². The average molecular weight is 529 g/mol. The highest BCUT2D eigenvalue weighted by Gasteiger charge is 2.36. The van der Waals surface area contributed by atoms with Gasteiger partial charge in [-0.25, -0.2) is 4.99 Å². The van der Waals surface area contributed by atoms with Gasteiger partial charge in [0, 0.05) is 21.6 Å². The summed E-state index contributed by atoms with van der Waals surface area (Å²) in [6.07, 6.45) is 0.0892. The van der Waals surface area contributed by atoms with Crippen molar-refractivity contribution < 1.29 is 9.59 Å². The van der Waals surface area contributed by atoms with Gasteiger partial charge in [-0.05, 0) is 48.0 Å². The van der Waals surface area contributed by atoms with Crippen LogP contribution in [0.1, 0.15) is 12.0 Å². The molecule has 8 heteroatoms. The highest BCUT2D eigenvalue weighted by molar-refractivity contribution is 9.10. The van der Waals surface area contributed by atoms with Gasteiger partial charge in [0.15, 0.2) is 5.17 Å². The van der Waals surface area contributed by atoms with Crippen molar-refractivity contribution in [1.82, 2.24) is 4.90 Å². The van der Waals surface area contributed by atoms with Crippen LogP contribution in [0.25, 0.3) is 0 Å². The molecule has 4 rings (SSSR count). The Bertz CT molecular complexity index is 1160. The van der Waals surface area contributed by atoms with Crippen molar-refractivity contribution in [2.24, 2.45) is 4.99 Å². The number of rotatable bonds is 5. The molecule has 0 aliphatic carbocycles. The minimum Gasteiger partial charge on any atom is -0.325 e. The van der Waals surface area contributed by atoms with Crippen molar-refractivity contribution in [2.75, 3.05) is 5.32 Å². The molecule has 0 bridgehead atoms. The zero-order valence-corrected chi connectivity index (χ0v) is 20.0. The van der Waals surface area contributed by atoms with Crippen LogP contribution in [0.4, 0.5) is 11.4 Å². The van der Waals surface area contributed by atoms with E-state index in [0.29, 0.717) is 22.4 Å². The molecule has 1 N–H and O–H groups in total. The summed E-state index contributed by atoms with van der Waals surface area (Å²) in [7, 11) is 0. The minimum atomic E-state index is -0.578. The number of hydrogen-bond donors (Lipinski definition) is 1. The monoisotopic (exact) mass is 527 g/mol. The Kier molecular flexibility index (Phi) is 7.29. The Morgan fingerprint density at radius 2 is 1.84 bits per heavy atom. The van der Waals surface area contributed by atoms with Gasteiger partial charge >= 0.3 is 0 Å². The van der Waals surface area contributed by atoms with E-state index in [1.54, 1.807) is 17.0 Å². The molecule has 0 radical (unpaired) electrons. The Labute approximate surface area is 204 Å². The molecule has 0 spiro atoms. The molecule has 1 aliphatic rings. The van der Waals surface area contributed by atoms with Gasteiger partial charge in [-0.2, -0.15) is 0 Å². The number of aliphatic imine (C=N–C) groups is 1. The Morgan fingerprint density at radius 3 is 2.56 bits per heavy atom. The lowest BCUT2D eigenvalue weighted by molar-refractivity contribution is -0.129. The smallest absolute Gasteiger partial charge is 0.238 e. The van der Waals surface area contributed by atoms with Gasteiger partial charge < -0.3 is 5.32 Å². The molecule has 0 unspecified atom stereocenters. The molecule has 1 saturated heterocycles. The standard InChI is InChI=1S/C24H19BrClN3O2S/c25-17-5-4-8-20(13-17)27-23(31)21-14-22(30)29(15-16-9-11-18(26)12-10-16)24(32-21)28-19-6-2-1-3-7-19/h1-13,21H,14-15H2,(H,27,31)/t21-/m0/s1. The maximum absolute atomic E-state index is 13.1. The van der Waals surface area contributed by atoms with E-state index in [4.69, 9.17) is 11.6 Å². The van der Waals surface area contributed by atoms with Crippen LogP contribution in [0.3, 0.4) is 0 Å². The number of thioether (sulfide) groups is 1. The molecule has 1 heterocycles. The molecular formula is C24H19BrClN3O2S. The summed E-state index contributed by atoms with van der Waals surface area (Å²) >= 11 is 10.7. The number of benzene rings is 3. The SMILES string of the molecule is O=C(Nc1cccc(Br)c1)[C@@H]1CC(=O)N(Cc2ccc(Cl)cc2)C(=Nc2ccccc2)S1. The molecule has 162 valence electrons. The number of carbonyl (C=O) groups is 2. The fraction of sp³-hybridized carbons (Fsp3) is 0.125. The third kappa shape index (κ3) is 5.79. The van der Waals surface area contributed by atoms with Crippen LogP contribution in [0.15, 0.2) is 88.3 Å². The van der Waals surface area contributed by atoms with Crippen molar-refractivity contribution in [1.29, 1.82) is 0 Å². The molecule has 5 nitrogen and oxygen atoms in total. The normalized spacial score (nSPS) is 17.4. The summed E-state index contributed by atoms with van der Waals surface area (Å²) < 4.78 is 0.864. The first kappa shape index (κ1) is 22.6. The molecule has 1 aliphatic heterocycles. The molecule has 0 aromatic heterocycles. The quantitative estimate of drug-likeness (QED) is 0.425. The Balaban J connectivity index is 1.58. The van der Waals surface area contributed by atoms with Crippen molar-refractivity contribution in [3.8, 4) is 0 Å². The molecular weight excluding hydrogens is 510 g/mol. The first-order valence-electron chi connectivity index (χ1n) is 9.89. The lowest BCUT2D eigenvalue weighted by Crippen LogP contribution is -2.44. The van der Waals surface area contributed by atoms with Gasteiger partial charge in [0.2, 0.25) is 11.8 Å². The number of halogens is 2. The van der Waals surface area contributed by atoms with E-state index in [9.17, 15) is 9.59 Å². The van der Waals surface area contributed by atoms with Crippen LogP contribution in [0.5, 0.6) is 0 Å². The highest BCUT2D eigenvalue weighted by atomic mass is 79.9. The number of anilines is 1. The summed E-state index contributed by atoms with van der Waals surface area (Å²) in [4.78, 5) is 32.4. The van der Waals surface area contributed by atoms with Gasteiger partial charge in [-0.1, -0.05) is 75.7 Å². The Hall–Kier alpha value is -2.61. The molecule has 0 saturated carbocycles. The van der Waals surface area contributed by atoms with E-state index < -0.39 is 5.25 Å². The van der Waals surface area contributed by atoms with E-state index in [0.717, 1.165) is 15.7 Å². The summed E-state index contributed by atoms with van der Waals surface area (Å²) in [6, 6.07) is 24.1. The van der Waals surface area contributed by atoms with Gasteiger partial charge in [-0.3, -0.25) is 14.5 Å². The minimum absolute atomic E-state index is 0.0892. The van der Waals surface area contributed by atoms with Crippen molar-refractivity contribution in [2.45, 2.75) is 18.2 Å². The average Bonchev–Trinajstić information content (AvgIpc) is 2.78. The van der Waals surface area contributed by atoms with Crippen LogP contribution in [0, 0.1) is 0 Å². The van der Waals surface area contributed by atoms with Gasteiger partial charge in [0.05, 0.1) is 12.2 Å². The largest absolute Gasteiger partial charge is 0.325 e. The van der Waals surface area contributed by atoms with Crippen LogP contribution in [-0.2, 0) is 16.1 Å². The second-order valence-electron chi connectivity index (χ2n) is 7.15. The van der Waals surface area contributed by atoms with Crippen molar-refractivity contribution >= 4 is 67.6 Å². The third-order valence-electron chi connectivity index (χ3n) is 4.76. The summed E-state index contributed by atoms with van der Waals surface area (Å²) in [6.45, 7) is 0.356. The van der Waals surface area contributed by atoms with Crippen LogP contribution in [-0.4, -0.2) is 27.1 Å². The molecule has 32 heavy (non-hydrogen) atoms. The van der Waals surface area contributed by atoms with Gasteiger partial charge in [0.1, 0.15) is 5.25 Å². The van der Waals surface area contributed by atoms with E-state index in [-0.39, 0.29) is 18.2 Å². The summed E-state index contributed by atoms with van der Waals surface area (Å²) in [5, 5.41) is 3.45. The summed E-state index contributed by atoms with van der Waals surface area (Å²) in [5.41, 5.74) is 2.32. The second-order valence-corrected chi connectivity index (χ2v) is 9.67. The number of para-hydroxylation sites is 1.